The van der Waals surface area contributed by atoms with Crippen LogP contribution in [0.2, 0.25) is 0 Å². The Labute approximate surface area is 650 Å². The summed E-state index contributed by atoms with van der Waals surface area (Å²) in [6.45, 7) is 43.0. The monoisotopic (exact) mass is 1590 g/mol. The first-order valence-electron chi connectivity index (χ1n) is 39.4. The van der Waals surface area contributed by atoms with Crippen LogP contribution in [-0.2, 0) is 81.3 Å². The van der Waals surface area contributed by atoms with Gasteiger partial charge in [0.05, 0.1) is 25.3 Å². The zero-order valence-electron chi connectivity index (χ0n) is 67.8. The first-order chi connectivity index (χ1) is 50.0. The molecule has 4 saturated carbocycles. The fourth-order valence-electron chi connectivity index (χ4n) is 16.9. The Morgan fingerprint density at radius 1 is 0.435 bits per heavy atom. The van der Waals surface area contributed by atoms with Gasteiger partial charge in [-0.05, 0) is 207 Å². The maximum Gasteiger partial charge on any atom is 0.410 e. The number of nitrogens with zero attached hydrogens (tertiary/aromatic N) is 7. The van der Waals surface area contributed by atoms with E-state index in [1.165, 1.54) is 44.2 Å². The number of carbonyl (C=O) groups is 2. The number of hydrogen-bond donors (Lipinski definition) is 1. The highest BCUT2D eigenvalue weighted by atomic mass is 32.2. The van der Waals surface area contributed by atoms with Crippen molar-refractivity contribution in [3.63, 3.8) is 0 Å². The average Bonchev–Trinajstić information content (AvgIpc) is 1.55. The number of ether oxygens (including phenoxy) is 1. The van der Waals surface area contributed by atoms with E-state index in [1.54, 1.807) is 62.0 Å². The van der Waals surface area contributed by atoms with Gasteiger partial charge in [-0.25, -0.2) is 51.2 Å². The van der Waals surface area contributed by atoms with Gasteiger partial charge in [0.2, 0.25) is 50.1 Å². The maximum atomic E-state index is 13.5. The third-order valence-electron chi connectivity index (χ3n) is 23.9. The van der Waals surface area contributed by atoms with Crippen molar-refractivity contribution in [1.29, 1.82) is 0 Å². The molecule has 4 aliphatic carbocycles. The highest BCUT2D eigenvalue weighted by Gasteiger charge is 2.65. The molecular formula is C82H128N8O13S5. The summed E-state index contributed by atoms with van der Waals surface area (Å²) in [4.78, 5) is 30.7. The summed E-state index contributed by atoms with van der Waals surface area (Å²) in [7, 11) is -17.8. The highest BCUT2D eigenvalue weighted by molar-refractivity contribution is 7.90. The number of ketones is 1. The van der Waals surface area contributed by atoms with Crippen LogP contribution < -0.4 is 5.32 Å². The molecule has 604 valence electrons. The number of amides is 1. The minimum Gasteiger partial charge on any atom is -0.444 e. The van der Waals surface area contributed by atoms with E-state index in [0.717, 1.165) is 74.0 Å². The summed E-state index contributed by atoms with van der Waals surface area (Å²) in [5.74, 6) is 1.97. The Morgan fingerprint density at radius 3 is 1.19 bits per heavy atom. The molecule has 12 rings (SSSR count). The molecule has 4 heterocycles. The van der Waals surface area contributed by atoms with Crippen LogP contribution in [0, 0.1) is 28.6 Å². The Bertz CT molecular complexity index is 4330. The molecular weight excluding hydrogens is 1470 g/mol. The second kappa shape index (κ2) is 33.8. The van der Waals surface area contributed by atoms with Gasteiger partial charge >= 0.3 is 6.09 Å². The van der Waals surface area contributed by atoms with Crippen LogP contribution >= 0.6 is 0 Å². The number of sulfonamides is 5. The molecule has 1 N–H and O–H groups in total. The van der Waals surface area contributed by atoms with E-state index in [0.29, 0.717) is 92.2 Å². The smallest absolute Gasteiger partial charge is 0.410 e. The zero-order valence-corrected chi connectivity index (χ0v) is 71.9. The molecule has 8 fully saturated rings. The van der Waals surface area contributed by atoms with Gasteiger partial charge in [0.25, 0.3) is 0 Å². The molecule has 0 aromatic heterocycles. The fourth-order valence-corrected chi connectivity index (χ4v) is 25.0. The third kappa shape index (κ3) is 20.6. The minimum atomic E-state index is -3.72. The van der Waals surface area contributed by atoms with Crippen molar-refractivity contribution in [2.75, 3.05) is 110 Å². The summed E-state index contributed by atoms with van der Waals surface area (Å²) in [6.07, 6.45) is 9.95. The van der Waals surface area contributed by atoms with Crippen molar-refractivity contribution in [3.05, 3.63) is 119 Å². The van der Waals surface area contributed by atoms with Gasteiger partial charge < -0.3 is 15.0 Å². The lowest BCUT2D eigenvalue weighted by Crippen LogP contribution is -2.47. The van der Waals surface area contributed by atoms with E-state index >= 15 is 0 Å². The van der Waals surface area contributed by atoms with Gasteiger partial charge in [-0.3, -0.25) is 9.69 Å². The lowest BCUT2D eigenvalue weighted by Gasteiger charge is -2.37. The minimum absolute atomic E-state index is 0.0290. The molecule has 21 nitrogen and oxygen atoms in total. The van der Waals surface area contributed by atoms with E-state index in [1.807, 2.05) is 83.1 Å². The van der Waals surface area contributed by atoms with Crippen molar-refractivity contribution in [2.24, 2.45) is 28.6 Å². The lowest BCUT2D eigenvalue weighted by atomic mass is 9.70. The topological polar surface area (TPSA) is 249 Å². The number of benzene rings is 4. The van der Waals surface area contributed by atoms with Gasteiger partial charge in [0, 0.05) is 110 Å². The molecule has 0 radical (unpaired) electrons. The molecule has 4 aliphatic heterocycles. The number of fused-ring (bicyclic) bond motifs is 4. The van der Waals surface area contributed by atoms with Crippen molar-refractivity contribution in [2.45, 2.75) is 241 Å². The number of nitrogens with one attached hydrogen (secondary N) is 1. The van der Waals surface area contributed by atoms with Crippen molar-refractivity contribution < 1.29 is 56.4 Å². The first kappa shape index (κ1) is 87.3. The van der Waals surface area contributed by atoms with Gasteiger partial charge in [-0.2, -0.15) is 17.2 Å². The molecule has 5 atom stereocenters. The van der Waals surface area contributed by atoms with Gasteiger partial charge in [0.15, 0.2) is 0 Å². The van der Waals surface area contributed by atoms with Crippen LogP contribution in [0.1, 0.15) is 211 Å². The molecule has 108 heavy (non-hydrogen) atoms. The SMILES string of the molecule is CC(C)(C)OC(=O)N1CCCN(S(=O)(=O)c2ccc(C(C)(C)C)cc2)CC1.CC(C)(C)c1ccc(S(=O)(=O)N2CCCN(C3CC4CCC3C4)CC2)cc1.CC(C)(C)c1ccc(S(=O)(=O)N2CCCN(S(=O)(=O)CC34CCC(CC3=O)C4(C)C)CC2)cc1.CC(C)(C)c1ccc(S(=O)(=O)N2CCCNCC2)cc1. The molecule has 8 aliphatic rings. The molecule has 0 spiro atoms. The largest absolute Gasteiger partial charge is 0.444 e. The van der Waals surface area contributed by atoms with Gasteiger partial charge in [0.1, 0.15) is 11.4 Å². The quantitative estimate of drug-likeness (QED) is 0.138. The van der Waals surface area contributed by atoms with Crippen molar-refractivity contribution in [1.82, 2.24) is 36.6 Å². The number of hydrogen-bond acceptors (Lipinski definition) is 15. The van der Waals surface area contributed by atoms with Crippen LogP contribution in [-0.4, -0.2) is 207 Å². The van der Waals surface area contributed by atoms with Crippen LogP contribution in [0.5, 0.6) is 0 Å². The van der Waals surface area contributed by atoms with Crippen LogP contribution in [0.4, 0.5) is 4.79 Å². The van der Waals surface area contributed by atoms with Gasteiger partial charge in [-0.15, -0.1) is 0 Å². The van der Waals surface area contributed by atoms with E-state index in [2.05, 4.69) is 93.3 Å². The van der Waals surface area contributed by atoms with Crippen LogP contribution in [0.15, 0.2) is 117 Å². The van der Waals surface area contributed by atoms with Crippen LogP contribution in [0.25, 0.3) is 0 Å². The fraction of sp³-hybridized carbons (Fsp3) is 0.683. The normalized spacial score (nSPS) is 24.6. The molecule has 4 saturated heterocycles. The Morgan fingerprint density at radius 2 is 0.815 bits per heavy atom. The second-order valence-electron chi connectivity index (χ2n) is 36.9. The van der Waals surface area contributed by atoms with Crippen molar-refractivity contribution >= 4 is 62.0 Å². The van der Waals surface area contributed by atoms with E-state index in [9.17, 15) is 51.7 Å². The third-order valence-corrected chi connectivity index (χ3v) is 33.5. The Balaban J connectivity index is 0.000000169. The first-order valence-corrected chi connectivity index (χ1v) is 46.7. The molecule has 4 aromatic rings. The number of carbonyl (C=O) groups excluding carboxylic acids is 2. The van der Waals surface area contributed by atoms with E-state index in [-0.39, 0.29) is 82.1 Å². The van der Waals surface area contributed by atoms with Crippen LogP contribution in [0.3, 0.4) is 0 Å². The zero-order chi connectivity index (χ0) is 79.7. The summed E-state index contributed by atoms with van der Waals surface area (Å²) in [5, 5.41) is 3.22. The van der Waals surface area contributed by atoms with Gasteiger partial charge in [-0.1, -0.05) is 152 Å². The van der Waals surface area contributed by atoms with Crippen molar-refractivity contribution in [3.8, 4) is 0 Å². The number of rotatable bonds is 12. The molecule has 4 aromatic carbocycles. The summed E-state index contributed by atoms with van der Waals surface area (Å²) < 4.78 is 144. The highest BCUT2D eigenvalue weighted by Crippen LogP contribution is 2.64. The second-order valence-corrected chi connectivity index (χ2v) is 46.7. The Kier molecular flexibility index (Phi) is 27.3. The number of Topliss-reactive ketones (excluding diaryl/α,β-unsaturated/α-hetero) is 1. The standard InChI is InChI=1S/C25H38N2O5S2.C22H34N2O2S.C20H32N2O4S.C15H24N2O2S/c1-23(2,3)19-7-9-21(10-8-19)34(31,32)27-14-6-13-26(15-16-27)33(29,30)18-25-12-11-20(17-22(25)28)24(25,4)5;1-22(2,3)19-7-9-20(10-8-19)27(25,26)24-12-4-11-23(13-14-24)21-16-17-5-6-18(21)15-17;1-19(2,3)16-8-10-17(11-9-16)27(24,25)22-13-7-12-21(14-15-22)18(23)26-20(4,5)6;1-15(2,3)13-5-7-14(8-6-13)20(18,19)17-11-4-9-16-10-12-17/h7-10,20H,6,11-18H2,1-5H3;7-10,17-18,21H,4-6,11-16H2,1-3H3;8-11H,7,12-15H2,1-6H3;5-8,16H,4,9-12H2,1-3H3. The predicted octanol–water partition coefficient (Wildman–Crippen LogP) is 12.9. The maximum absolute atomic E-state index is 13.5. The summed E-state index contributed by atoms with van der Waals surface area (Å²) >= 11 is 0. The molecule has 26 heteroatoms. The lowest BCUT2D eigenvalue weighted by molar-refractivity contribution is -0.128. The summed E-state index contributed by atoms with van der Waals surface area (Å²) in [5.41, 5.74) is 2.72. The van der Waals surface area contributed by atoms with E-state index < -0.39 is 67.2 Å². The molecule has 4 bridgehead atoms. The predicted molar refractivity (Wildman–Crippen MR) is 429 cm³/mol. The summed E-state index contributed by atoms with van der Waals surface area (Å²) in [6, 6.07) is 29.6. The molecule has 5 unspecified atom stereocenters. The molecule has 1 amide bonds. The Hall–Kier alpha value is -4.71. The average molecular weight is 1590 g/mol. The van der Waals surface area contributed by atoms with E-state index in [4.69, 9.17) is 4.74 Å².